The van der Waals surface area contributed by atoms with Crippen LogP contribution in [-0.4, -0.2) is 4.98 Å². The number of hydrogen-bond donors (Lipinski definition) is 1. The lowest BCUT2D eigenvalue weighted by Gasteiger charge is -2.07. The maximum atomic E-state index is 13.2. The highest BCUT2D eigenvalue weighted by Crippen LogP contribution is 2.38. The molecule has 0 unspecified atom stereocenters. The summed E-state index contributed by atoms with van der Waals surface area (Å²) >= 11 is 22.9. The van der Waals surface area contributed by atoms with Gasteiger partial charge >= 0.3 is 0 Å². The number of rotatable bonds is 1. The lowest BCUT2D eigenvalue weighted by atomic mass is 10.1. The van der Waals surface area contributed by atoms with Crippen molar-refractivity contribution in [2.75, 3.05) is 0 Å². The van der Waals surface area contributed by atoms with Gasteiger partial charge in [0.15, 0.2) is 0 Å². The van der Waals surface area contributed by atoms with Crippen molar-refractivity contribution in [2.45, 2.75) is 0 Å². The highest BCUT2D eigenvalue weighted by atomic mass is 35.5. The molecule has 0 saturated heterocycles. The molecule has 0 spiro atoms. The quantitative estimate of drug-likeness (QED) is 0.542. The summed E-state index contributed by atoms with van der Waals surface area (Å²) in [5, 5.41) is 0.820. The Morgan fingerprint density at radius 2 is 1.76 bits per heavy atom. The van der Waals surface area contributed by atoms with Crippen LogP contribution in [0.2, 0.25) is 15.1 Å². The molecule has 2 rings (SSSR count). The third-order valence-corrected chi connectivity index (χ3v) is 3.82. The predicted octanol–water partition coefficient (Wildman–Crippen LogP) is 5.51. The van der Waals surface area contributed by atoms with Crippen LogP contribution in [0.3, 0.4) is 0 Å². The van der Waals surface area contributed by atoms with Gasteiger partial charge in [0, 0.05) is 17.3 Å². The molecule has 1 N–H and O–H groups in total. The van der Waals surface area contributed by atoms with Crippen LogP contribution in [0.15, 0.2) is 24.4 Å². The van der Waals surface area contributed by atoms with Crippen molar-refractivity contribution in [3.63, 3.8) is 0 Å². The van der Waals surface area contributed by atoms with Crippen LogP contribution in [0.4, 0.5) is 4.39 Å². The van der Waals surface area contributed by atoms with Crippen molar-refractivity contribution in [3.05, 3.63) is 49.9 Å². The molecule has 0 amide bonds. The van der Waals surface area contributed by atoms with Gasteiger partial charge in [-0.3, -0.25) is 0 Å². The van der Waals surface area contributed by atoms with Crippen molar-refractivity contribution >= 4 is 47.0 Å². The molecule has 0 aliphatic rings. The van der Waals surface area contributed by atoms with E-state index in [1.807, 2.05) is 0 Å². The first-order chi connectivity index (χ1) is 8.00. The maximum Gasteiger partial charge on any atom is 0.139 e. The summed E-state index contributed by atoms with van der Waals surface area (Å²) in [5.74, 6) is -0.435. The third kappa shape index (κ3) is 2.47. The molecule has 0 radical (unpaired) electrons. The summed E-state index contributed by atoms with van der Waals surface area (Å²) in [6.07, 6.45) is 1.18. The molecule has 1 aromatic heterocycles. The predicted molar refractivity (Wildman–Crippen MR) is 72.1 cm³/mol. The zero-order valence-corrected chi connectivity index (χ0v) is 11.3. The molecule has 0 saturated carbocycles. The standard InChI is InChI=1S/C11H5Cl3FNS/c12-8-2-1-6(9(13)10(8)14)7-3-5(15)4-16-11(7)17/h1-4H,(H,16,17). The van der Waals surface area contributed by atoms with Gasteiger partial charge < -0.3 is 4.98 Å². The van der Waals surface area contributed by atoms with E-state index in [1.165, 1.54) is 12.3 Å². The molecule has 6 heteroatoms. The van der Waals surface area contributed by atoms with E-state index >= 15 is 0 Å². The zero-order chi connectivity index (χ0) is 12.6. The smallest absolute Gasteiger partial charge is 0.139 e. The normalized spacial score (nSPS) is 10.6. The van der Waals surface area contributed by atoms with E-state index in [0.717, 1.165) is 0 Å². The van der Waals surface area contributed by atoms with Crippen LogP contribution in [0.25, 0.3) is 11.1 Å². The summed E-state index contributed by atoms with van der Waals surface area (Å²) < 4.78 is 13.5. The average Bonchev–Trinajstić information content (AvgIpc) is 2.30. The van der Waals surface area contributed by atoms with Crippen LogP contribution < -0.4 is 0 Å². The lowest BCUT2D eigenvalue weighted by molar-refractivity contribution is 0.621. The molecular formula is C11H5Cl3FNS. The molecule has 1 heterocycles. The summed E-state index contributed by atoms with van der Waals surface area (Å²) in [7, 11) is 0. The summed E-state index contributed by atoms with van der Waals surface area (Å²) in [5.41, 5.74) is 1.02. The first kappa shape index (κ1) is 12.8. The molecule has 0 aliphatic carbocycles. The molecular weight excluding hydrogens is 304 g/mol. The second kappa shape index (κ2) is 4.94. The topological polar surface area (TPSA) is 15.8 Å². The van der Waals surface area contributed by atoms with E-state index in [2.05, 4.69) is 4.98 Å². The second-order valence-electron chi connectivity index (χ2n) is 3.28. The van der Waals surface area contributed by atoms with Crippen LogP contribution in [0.1, 0.15) is 0 Å². The van der Waals surface area contributed by atoms with Crippen LogP contribution >= 0.6 is 47.0 Å². The SMILES string of the molecule is Fc1c[nH]c(=S)c(-c2ccc(Cl)c(Cl)c2Cl)c1. The molecule has 1 aromatic carbocycles. The second-order valence-corrected chi connectivity index (χ2v) is 4.85. The Labute approximate surface area is 117 Å². The van der Waals surface area contributed by atoms with E-state index in [-0.39, 0.29) is 10.0 Å². The summed E-state index contributed by atoms with van der Waals surface area (Å²) in [6, 6.07) is 4.53. The number of pyridine rings is 1. The van der Waals surface area contributed by atoms with Crippen LogP contribution in [0, 0.1) is 10.5 Å². The first-order valence-electron chi connectivity index (χ1n) is 4.53. The maximum absolute atomic E-state index is 13.2. The van der Waals surface area contributed by atoms with Gasteiger partial charge in [-0.1, -0.05) is 53.1 Å². The zero-order valence-electron chi connectivity index (χ0n) is 8.23. The van der Waals surface area contributed by atoms with Crippen LogP contribution in [-0.2, 0) is 0 Å². The molecule has 0 fully saturated rings. The molecule has 2 aromatic rings. The Bertz CT molecular complexity index is 639. The number of H-pyrrole nitrogens is 1. The Morgan fingerprint density at radius 3 is 2.47 bits per heavy atom. The number of aromatic nitrogens is 1. The van der Waals surface area contributed by atoms with E-state index in [1.54, 1.807) is 12.1 Å². The number of hydrogen-bond acceptors (Lipinski definition) is 1. The van der Waals surface area contributed by atoms with Gasteiger partial charge in [-0.05, 0) is 12.1 Å². The van der Waals surface area contributed by atoms with Crippen molar-refractivity contribution in [1.82, 2.24) is 4.98 Å². The van der Waals surface area contributed by atoms with E-state index in [4.69, 9.17) is 47.0 Å². The highest BCUT2D eigenvalue weighted by molar-refractivity contribution is 7.71. The van der Waals surface area contributed by atoms with Gasteiger partial charge in [-0.25, -0.2) is 4.39 Å². The third-order valence-electron chi connectivity index (χ3n) is 2.19. The molecule has 0 aliphatic heterocycles. The largest absolute Gasteiger partial charge is 0.350 e. The lowest BCUT2D eigenvalue weighted by Crippen LogP contribution is -1.87. The van der Waals surface area contributed by atoms with Crippen molar-refractivity contribution in [1.29, 1.82) is 0 Å². The fourth-order valence-corrected chi connectivity index (χ4v) is 2.26. The molecule has 88 valence electrons. The van der Waals surface area contributed by atoms with Crippen molar-refractivity contribution in [2.24, 2.45) is 0 Å². The minimum Gasteiger partial charge on any atom is -0.350 e. The molecule has 1 nitrogen and oxygen atoms in total. The number of aromatic amines is 1. The number of nitrogens with one attached hydrogen (secondary N) is 1. The van der Waals surface area contributed by atoms with Gasteiger partial charge in [0.05, 0.1) is 15.1 Å². The van der Waals surface area contributed by atoms with Gasteiger partial charge in [0.25, 0.3) is 0 Å². The minimum atomic E-state index is -0.435. The Morgan fingerprint density at radius 1 is 1.06 bits per heavy atom. The van der Waals surface area contributed by atoms with Gasteiger partial charge in [-0.15, -0.1) is 0 Å². The fraction of sp³-hybridized carbons (Fsp3) is 0. The van der Waals surface area contributed by atoms with E-state index in [9.17, 15) is 4.39 Å². The average molecular weight is 309 g/mol. The Kier molecular flexibility index (Phi) is 3.73. The fourth-order valence-electron chi connectivity index (χ4n) is 1.39. The van der Waals surface area contributed by atoms with Gasteiger partial charge in [-0.2, -0.15) is 0 Å². The van der Waals surface area contributed by atoms with E-state index < -0.39 is 5.82 Å². The van der Waals surface area contributed by atoms with Gasteiger partial charge in [0.1, 0.15) is 10.5 Å². The van der Waals surface area contributed by atoms with E-state index in [0.29, 0.717) is 20.8 Å². The van der Waals surface area contributed by atoms with Crippen LogP contribution in [0.5, 0.6) is 0 Å². The number of halogens is 4. The van der Waals surface area contributed by atoms with Crippen molar-refractivity contribution < 1.29 is 4.39 Å². The van der Waals surface area contributed by atoms with Crippen molar-refractivity contribution in [3.8, 4) is 11.1 Å². The summed E-state index contributed by atoms with van der Waals surface area (Å²) in [4.78, 5) is 2.63. The molecule has 0 atom stereocenters. The Hall–Kier alpha value is -0.610. The molecule has 17 heavy (non-hydrogen) atoms. The monoisotopic (exact) mass is 307 g/mol. The molecule has 0 bridgehead atoms. The minimum absolute atomic E-state index is 0.226. The van der Waals surface area contributed by atoms with Gasteiger partial charge in [0.2, 0.25) is 0 Å². The number of benzene rings is 1. The highest BCUT2D eigenvalue weighted by Gasteiger charge is 2.12. The Balaban J connectivity index is 2.73. The first-order valence-corrected chi connectivity index (χ1v) is 6.07. The summed E-state index contributed by atoms with van der Waals surface area (Å²) in [6.45, 7) is 0.